The molecule has 1 aromatic carbocycles. The maximum atomic E-state index is 11.0. The number of halogens is 2. The fraction of sp³-hybridized carbons (Fsp3) is 0.0909. The quantitative estimate of drug-likeness (QED) is 0.478. The Labute approximate surface area is 127 Å². The summed E-state index contributed by atoms with van der Waals surface area (Å²) in [6, 6.07) is 5.71. The molecule has 2 rings (SSSR count). The molecule has 0 N–H and O–H groups in total. The molecular weight excluding hydrogens is 325 g/mol. The van der Waals surface area contributed by atoms with Crippen molar-refractivity contribution in [2.24, 2.45) is 0 Å². The summed E-state index contributed by atoms with van der Waals surface area (Å²) in [7, 11) is 0. The van der Waals surface area contributed by atoms with E-state index in [1.165, 1.54) is 12.1 Å². The molecule has 0 unspecified atom stereocenters. The van der Waals surface area contributed by atoms with Crippen molar-refractivity contribution in [1.29, 1.82) is 5.26 Å². The monoisotopic (exact) mass is 329 g/mol. The lowest BCUT2D eigenvalue weighted by atomic mass is 10.2. The average molecular weight is 330 g/mol. The minimum absolute atomic E-state index is 0.0134. The van der Waals surface area contributed by atoms with Crippen molar-refractivity contribution in [2.45, 2.75) is 5.88 Å². The summed E-state index contributed by atoms with van der Waals surface area (Å²) >= 11 is 12.6. The molecule has 9 heteroatoms. The van der Waals surface area contributed by atoms with Crippen LogP contribution in [0.15, 0.2) is 18.2 Å². The fourth-order valence-corrected chi connectivity index (χ4v) is 2.68. The van der Waals surface area contributed by atoms with Crippen LogP contribution in [-0.4, -0.2) is 9.91 Å². The van der Waals surface area contributed by atoms with Gasteiger partial charge in [0.05, 0.1) is 27.3 Å². The van der Waals surface area contributed by atoms with E-state index < -0.39 is 4.92 Å². The number of hydrogen-bond donors (Lipinski definition) is 0. The average Bonchev–Trinajstić information content (AvgIpc) is 2.79. The molecule has 2 aromatic rings. The van der Waals surface area contributed by atoms with Crippen LogP contribution in [0, 0.1) is 21.4 Å². The van der Waals surface area contributed by atoms with Crippen molar-refractivity contribution in [1.82, 2.24) is 4.98 Å². The highest BCUT2D eigenvalue weighted by atomic mass is 35.5. The summed E-state index contributed by atoms with van der Waals surface area (Å²) in [5.74, 6) is 0.163. The smallest absolute Gasteiger partial charge is 0.312 e. The van der Waals surface area contributed by atoms with E-state index in [2.05, 4.69) is 4.98 Å². The maximum absolute atomic E-state index is 11.0. The molecule has 0 aliphatic carbocycles. The minimum Gasteiger partial charge on any atom is -0.423 e. The number of benzene rings is 1. The van der Waals surface area contributed by atoms with Crippen LogP contribution >= 0.6 is 34.5 Å². The zero-order chi connectivity index (χ0) is 14.7. The van der Waals surface area contributed by atoms with E-state index in [0.717, 1.165) is 17.4 Å². The molecule has 102 valence electrons. The molecule has 0 amide bonds. The first kappa shape index (κ1) is 14.5. The molecule has 0 aliphatic rings. The van der Waals surface area contributed by atoms with Gasteiger partial charge in [0.25, 0.3) is 5.19 Å². The number of alkyl halides is 1. The standard InChI is InChI=1S/C11H5Cl2N3O3S/c12-4-9-10(13)15-11(20-9)19-8-2-1-6(5-14)3-7(8)16(17)18/h1-3H,4H2. The molecule has 20 heavy (non-hydrogen) atoms. The number of nitro groups is 1. The first-order valence-electron chi connectivity index (χ1n) is 5.12. The first-order valence-corrected chi connectivity index (χ1v) is 6.85. The second kappa shape index (κ2) is 6.05. The summed E-state index contributed by atoms with van der Waals surface area (Å²) in [5.41, 5.74) is -0.148. The highest BCUT2D eigenvalue weighted by Crippen LogP contribution is 2.36. The third-order valence-electron chi connectivity index (χ3n) is 2.23. The predicted octanol–water partition coefficient (Wildman–Crippen LogP) is 4.11. The Bertz CT molecular complexity index is 711. The molecule has 0 atom stereocenters. The summed E-state index contributed by atoms with van der Waals surface area (Å²) < 4.78 is 5.35. The lowest BCUT2D eigenvalue weighted by molar-refractivity contribution is -0.385. The third kappa shape index (κ3) is 2.99. The van der Waals surface area contributed by atoms with Crippen LogP contribution in [0.1, 0.15) is 10.4 Å². The highest BCUT2D eigenvalue weighted by molar-refractivity contribution is 7.14. The van der Waals surface area contributed by atoms with Gasteiger partial charge < -0.3 is 4.74 Å². The van der Waals surface area contributed by atoms with E-state index in [4.69, 9.17) is 33.2 Å². The maximum Gasteiger partial charge on any atom is 0.312 e. The number of thiazole rings is 1. The largest absolute Gasteiger partial charge is 0.423 e. The van der Waals surface area contributed by atoms with Crippen LogP contribution in [-0.2, 0) is 5.88 Å². The van der Waals surface area contributed by atoms with Crippen LogP contribution in [0.25, 0.3) is 0 Å². The number of nitriles is 1. The molecule has 1 aromatic heterocycles. The molecule has 0 bridgehead atoms. The van der Waals surface area contributed by atoms with Gasteiger partial charge >= 0.3 is 5.69 Å². The Hall–Kier alpha value is -1.88. The van der Waals surface area contributed by atoms with Crippen LogP contribution in [0.2, 0.25) is 5.15 Å². The van der Waals surface area contributed by atoms with E-state index >= 15 is 0 Å². The lowest BCUT2D eigenvalue weighted by Crippen LogP contribution is -1.94. The Morgan fingerprint density at radius 3 is 2.85 bits per heavy atom. The fourth-order valence-electron chi connectivity index (χ4n) is 1.35. The zero-order valence-corrected chi connectivity index (χ0v) is 12.0. The number of aromatic nitrogens is 1. The van der Waals surface area contributed by atoms with Gasteiger partial charge in [0.15, 0.2) is 0 Å². The van der Waals surface area contributed by atoms with Gasteiger partial charge in [-0.25, -0.2) is 0 Å². The van der Waals surface area contributed by atoms with Gasteiger partial charge in [-0.05, 0) is 12.1 Å². The SMILES string of the molecule is N#Cc1ccc(Oc2nc(Cl)c(CCl)s2)c([N+](=O)[O-])c1. The topological polar surface area (TPSA) is 89.0 Å². The number of nitrogens with zero attached hydrogens (tertiary/aromatic N) is 3. The van der Waals surface area contributed by atoms with Gasteiger partial charge in [-0.3, -0.25) is 10.1 Å². The Morgan fingerprint density at radius 2 is 2.30 bits per heavy atom. The van der Waals surface area contributed by atoms with Crippen LogP contribution in [0.5, 0.6) is 10.9 Å². The van der Waals surface area contributed by atoms with Crippen LogP contribution in [0.3, 0.4) is 0 Å². The minimum atomic E-state index is -0.631. The van der Waals surface area contributed by atoms with Crippen molar-refractivity contribution in [3.63, 3.8) is 0 Å². The number of nitro benzene ring substituents is 1. The van der Waals surface area contributed by atoms with Crippen molar-refractivity contribution in [3.8, 4) is 17.0 Å². The van der Waals surface area contributed by atoms with E-state index in [-0.39, 0.29) is 33.2 Å². The molecule has 0 saturated heterocycles. The Morgan fingerprint density at radius 1 is 1.55 bits per heavy atom. The Balaban J connectivity index is 2.37. The predicted molar refractivity (Wildman–Crippen MR) is 74.6 cm³/mol. The lowest BCUT2D eigenvalue weighted by Gasteiger charge is -2.02. The number of ether oxygens (including phenoxy) is 1. The molecule has 0 fully saturated rings. The second-order valence-electron chi connectivity index (χ2n) is 3.48. The van der Waals surface area contributed by atoms with E-state index in [0.29, 0.717) is 4.88 Å². The van der Waals surface area contributed by atoms with E-state index in [1.807, 2.05) is 6.07 Å². The number of hydrogen-bond acceptors (Lipinski definition) is 6. The van der Waals surface area contributed by atoms with Crippen molar-refractivity contribution in [3.05, 3.63) is 43.9 Å². The molecule has 0 radical (unpaired) electrons. The highest BCUT2D eigenvalue weighted by Gasteiger charge is 2.19. The first-order chi connectivity index (χ1) is 9.55. The molecular formula is C11H5Cl2N3O3S. The van der Waals surface area contributed by atoms with Gasteiger partial charge in [0.2, 0.25) is 5.75 Å². The van der Waals surface area contributed by atoms with Gasteiger partial charge in [0.1, 0.15) is 5.15 Å². The van der Waals surface area contributed by atoms with Crippen molar-refractivity contribution < 1.29 is 9.66 Å². The third-order valence-corrected chi connectivity index (χ3v) is 4.02. The van der Waals surface area contributed by atoms with Crippen molar-refractivity contribution in [2.75, 3.05) is 0 Å². The molecule has 1 heterocycles. The molecule has 0 saturated carbocycles. The van der Waals surface area contributed by atoms with Crippen molar-refractivity contribution >= 4 is 40.2 Å². The number of rotatable bonds is 4. The summed E-state index contributed by atoms with van der Waals surface area (Å²) in [6.07, 6.45) is 0. The molecule has 6 nitrogen and oxygen atoms in total. The normalized spacial score (nSPS) is 10.1. The van der Waals surface area contributed by atoms with Gasteiger partial charge in [-0.1, -0.05) is 22.9 Å². The summed E-state index contributed by atoms with van der Waals surface area (Å²) in [5, 5.41) is 20.1. The van der Waals surface area contributed by atoms with E-state index in [1.54, 1.807) is 0 Å². The zero-order valence-electron chi connectivity index (χ0n) is 9.67. The van der Waals surface area contributed by atoms with Crippen LogP contribution in [0.4, 0.5) is 5.69 Å². The second-order valence-corrected chi connectivity index (χ2v) is 5.15. The van der Waals surface area contributed by atoms with Gasteiger partial charge in [-0.2, -0.15) is 10.2 Å². The van der Waals surface area contributed by atoms with Gasteiger partial charge in [-0.15, -0.1) is 11.6 Å². The molecule has 0 aliphatic heterocycles. The van der Waals surface area contributed by atoms with E-state index in [9.17, 15) is 10.1 Å². The summed E-state index contributed by atoms with van der Waals surface area (Å²) in [6.45, 7) is 0. The molecule has 0 spiro atoms. The summed E-state index contributed by atoms with van der Waals surface area (Å²) in [4.78, 5) is 14.8. The van der Waals surface area contributed by atoms with Gasteiger partial charge in [0, 0.05) is 6.07 Å². The Kier molecular flexibility index (Phi) is 4.39. The van der Waals surface area contributed by atoms with Crippen LogP contribution < -0.4 is 4.74 Å².